The number of hydrogen-bond donors (Lipinski definition) is 1. The van der Waals surface area contributed by atoms with Gasteiger partial charge in [-0.25, -0.2) is 9.37 Å². The van der Waals surface area contributed by atoms with Gasteiger partial charge < -0.3 is 10.1 Å². The first-order chi connectivity index (χ1) is 16.9. The molecule has 9 heteroatoms. The second kappa shape index (κ2) is 10.6. The van der Waals surface area contributed by atoms with Crippen LogP contribution >= 0.6 is 11.3 Å². The standard InChI is InChI=1S/C26H24FN3O4S/c1-16-3-5-17(6-4-16)20-14-35-25-24(20)26(33)30(15-28-25)12-11-22(31)29-21(13-23(32)34-2)18-7-9-19(27)10-8-18/h3-10,14-15,21H,11-13H2,1-2H3,(H,29,31). The highest BCUT2D eigenvalue weighted by Crippen LogP contribution is 2.30. The van der Waals surface area contributed by atoms with Crippen molar-refractivity contribution >= 4 is 33.4 Å². The molecule has 1 amide bonds. The Kier molecular flexibility index (Phi) is 7.36. The maximum atomic E-state index is 13.3. The SMILES string of the molecule is COC(=O)CC(NC(=O)CCn1cnc2scc(-c3ccc(C)cc3)c2c1=O)c1ccc(F)cc1. The van der Waals surface area contributed by atoms with Gasteiger partial charge in [-0.2, -0.15) is 0 Å². The summed E-state index contributed by atoms with van der Waals surface area (Å²) in [6.07, 6.45) is 1.34. The van der Waals surface area contributed by atoms with E-state index in [0.717, 1.165) is 16.7 Å². The molecule has 0 aliphatic heterocycles. The molecule has 180 valence electrons. The zero-order valence-corrected chi connectivity index (χ0v) is 20.1. The summed E-state index contributed by atoms with van der Waals surface area (Å²) in [6, 6.07) is 12.8. The molecular formula is C26H24FN3O4S. The predicted molar refractivity (Wildman–Crippen MR) is 133 cm³/mol. The van der Waals surface area contributed by atoms with Crippen molar-refractivity contribution in [3.05, 3.63) is 87.5 Å². The number of carbonyl (C=O) groups is 2. The van der Waals surface area contributed by atoms with Gasteiger partial charge in [-0.1, -0.05) is 42.0 Å². The van der Waals surface area contributed by atoms with Crippen LogP contribution in [0.15, 0.2) is 65.0 Å². The lowest BCUT2D eigenvalue weighted by atomic mass is 10.0. The van der Waals surface area contributed by atoms with E-state index in [1.54, 1.807) is 0 Å². The molecule has 0 saturated heterocycles. The van der Waals surface area contributed by atoms with Gasteiger partial charge in [0.25, 0.3) is 5.56 Å². The lowest BCUT2D eigenvalue weighted by molar-refractivity contribution is -0.141. The summed E-state index contributed by atoms with van der Waals surface area (Å²) in [7, 11) is 1.26. The van der Waals surface area contributed by atoms with Gasteiger partial charge in [0.2, 0.25) is 5.91 Å². The number of fused-ring (bicyclic) bond motifs is 1. The molecule has 2 heterocycles. The molecule has 0 spiro atoms. The van der Waals surface area contributed by atoms with Crippen LogP contribution < -0.4 is 10.9 Å². The van der Waals surface area contributed by atoms with Crippen LogP contribution in [0.3, 0.4) is 0 Å². The summed E-state index contributed by atoms with van der Waals surface area (Å²) in [4.78, 5) is 42.8. The van der Waals surface area contributed by atoms with E-state index in [2.05, 4.69) is 10.3 Å². The summed E-state index contributed by atoms with van der Waals surface area (Å²) in [6.45, 7) is 2.12. The molecule has 0 fully saturated rings. The van der Waals surface area contributed by atoms with E-state index in [4.69, 9.17) is 4.74 Å². The van der Waals surface area contributed by atoms with Crippen LogP contribution in [0.4, 0.5) is 4.39 Å². The number of thiophene rings is 1. The molecule has 0 radical (unpaired) electrons. The van der Waals surface area contributed by atoms with Crippen molar-refractivity contribution < 1.29 is 18.7 Å². The van der Waals surface area contributed by atoms with Crippen LogP contribution in [0.1, 0.15) is 30.0 Å². The highest BCUT2D eigenvalue weighted by atomic mass is 32.1. The lowest BCUT2D eigenvalue weighted by Crippen LogP contribution is -2.32. The highest BCUT2D eigenvalue weighted by molar-refractivity contribution is 7.17. The second-order valence-electron chi connectivity index (χ2n) is 8.14. The van der Waals surface area contributed by atoms with Crippen LogP contribution in [0.25, 0.3) is 21.3 Å². The van der Waals surface area contributed by atoms with Crippen molar-refractivity contribution in [3.63, 3.8) is 0 Å². The summed E-state index contributed by atoms with van der Waals surface area (Å²) >= 11 is 1.40. The lowest BCUT2D eigenvalue weighted by Gasteiger charge is -2.18. The fraction of sp³-hybridized carbons (Fsp3) is 0.231. The van der Waals surface area contributed by atoms with E-state index in [9.17, 15) is 18.8 Å². The molecule has 7 nitrogen and oxygen atoms in total. The number of halogens is 1. The van der Waals surface area contributed by atoms with E-state index in [0.29, 0.717) is 15.8 Å². The van der Waals surface area contributed by atoms with Crippen molar-refractivity contribution in [2.24, 2.45) is 0 Å². The van der Waals surface area contributed by atoms with Gasteiger partial charge >= 0.3 is 5.97 Å². The molecule has 0 aliphatic rings. The van der Waals surface area contributed by atoms with E-state index in [1.807, 2.05) is 36.6 Å². The Labute approximate surface area is 205 Å². The fourth-order valence-electron chi connectivity index (χ4n) is 3.76. The Balaban J connectivity index is 1.51. The number of methoxy groups -OCH3 is 1. The molecule has 2 aromatic carbocycles. The summed E-state index contributed by atoms with van der Waals surface area (Å²) in [5.41, 5.74) is 3.23. The van der Waals surface area contributed by atoms with Gasteiger partial charge in [-0.05, 0) is 30.2 Å². The molecule has 0 saturated carbocycles. The van der Waals surface area contributed by atoms with E-state index >= 15 is 0 Å². The number of nitrogens with zero attached hydrogens (tertiary/aromatic N) is 2. The van der Waals surface area contributed by atoms with Gasteiger partial charge in [0.1, 0.15) is 10.6 Å². The first kappa shape index (κ1) is 24.3. The fourth-order valence-corrected chi connectivity index (χ4v) is 4.66. The second-order valence-corrected chi connectivity index (χ2v) is 9.00. The number of ether oxygens (including phenoxy) is 1. The van der Waals surface area contributed by atoms with Crippen molar-refractivity contribution in [3.8, 4) is 11.1 Å². The Hall–Kier alpha value is -3.85. The van der Waals surface area contributed by atoms with Crippen molar-refractivity contribution in [2.45, 2.75) is 32.4 Å². The molecule has 1 N–H and O–H groups in total. The maximum absolute atomic E-state index is 13.3. The largest absolute Gasteiger partial charge is 0.469 e. The number of rotatable bonds is 8. The summed E-state index contributed by atoms with van der Waals surface area (Å²) in [5.74, 6) is -1.29. The molecule has 4 aromatic rings. The van der Waals surface area contributed by atoms with Crippen LogP contribution in [0.2, 0.25) is 0 Å². The van der Waals surface area contributed by atoms with E-state index in [1.165, 1.54) is 53.6 Å². The van der Waals surface area contributed by atoms with Crippen molar-refractivity contribution in [1.29, 1.82) is 0 Å². The average molecular weight is 494 g/mol. The highest BCUT2D eigenvalue weighted by Gasteiger charge is 2.20. The number of carbonyl (C=O) groups excluding carboxylic acids is 2. The van der Waals surface area contributed by atoms with Crippen LogP contribution in [0.5, 0.6) is 0 Å². The average Bonchev–Trinajstić information content (AvgIpc) is 3.29. The zero-order chi connectivity index (χ0) is 24.9. The van der Waals surface area contributed by atoms with Gasteiger partial charge in [0, 0.05) is 23.9 Å². The van der Waals surface area contributed by atoms with Gasteiger partial charge in [-0.15, -0.1) is 11.3 Å². The quantitative estimate of drug-likeness (QED) is 0.368. The van der Waals surface area contributed by atoms with E-state index in [-0.39, 0.29) is 30.9 Å². The normalized spacial score (nSPS) is 11.9. The van der Waals surface area contributed by atoms with Crippen LogP contribution in [0, 0.1) is 12.7 Å². The third kappa shape index (κ3) is 5.63. The number of amides is 1. The Morgan fingerprint density at radius 1 is 1.14 bits per heavy atom. The number of nitrogens with one attached hydrogen (secondary N) is 1. The molecule has 0 aliphatic carbocycles. The Bertz CT molecular complexity index is 1410. The summed E-state index contributed by atoms with van der Waals surface area (Å²) in [5, 5.41) is 5.23. The number of esters is 1. The minimum absolute atomic E-state index is 0.00401. The van der Waals surface area contributed by atoms with E-state index < -0.39 is 17.8 Å². The molecule has 1 unspecified atom stereocenters. The van der Waals surface area contributed by atoms with Gasteiger partial charge in [0.15, 0.2) is 0 Å². The Morgan fingerprint density at radius 2 is 1.86 bits per heavy atom. The number of hydrogen-bond acceptors (Lipinski definition) is 6. The molecule has 2 aromatic heterocycles. The van der Waals surface area contributed by atoms with Crippen LogP contribution in [-0.4, -0.2) is 28.5 Å². The molecular weight excluding hydrogens is 469 g/mol. The molecule has 0 bridgehead atoms. The Morgan fingerprint density at radius 3 is 2.54 bits per heavy atom. The van der Waals surface area contributed by atoms with Crippen molar-refractivity contribution in [2.75, 3.05) is 7.11 Å². The topological polar surface area (TPSA) is 90.3 Å². The summed E-state index contributed by atoms with van der Waals surface area (Å²) < 4.78 is 19.5. The minimum atomic E-state index is -0.683. The molecule has 1 atom stereocenters. The third-order valence-electron chi connectivity index (χ3n) is 5.71. The first-order valence-electron chi connectivity index (χ1n) is 11.0. The third-order valence-corrected chi connectivity index (χ3v) is 6.60. The maximum Gasteiger partial charge on any atom is 0.307 e. The van der Waals surface area contributed by atoms with Gasteiger partial charge in [-0.3, -0.25) is 19.0 Å². The van der Waals surface area contributed by atoms with Crippen LogP contribution in [-0.2, 0) is 20.9 Å². The number of aromatic nitrogens is 2. The minimum Gasteiger partial charge on any atom is -0.469 e. The van der Waals surface area contributed by atoms with Crippen molar-refractivity contribution in [1.82, 2.24) is 14.9 Å². The zero-order valence-electron chi connectivity index (χ0n) is 19.3. The van der Waals surface area contributed by atoms with Gasteiger partial charge in [0.05, 0.1) is 31.3 Å². The monoisotopic (exact) mass is 493 g/mol. The smallest absolute Gasteiger partial charge is 0.307 e. The predicted octanol–water partition coefficient (Wildman–Crippen LogP) is 4.38. The molecule has 35 heavy (non-hydrogen) atoms. The molecule has 4 rings (SSSR count). The first-order valence-corrected chi connectivity index (χ1v) is 11.9. The number of benzene rings is 2. The number of aryl methyl sites for hydroxylation is 2.